The van der Waals surface area contributed by atoms with Crippen molar-refractivity contribution in [3.8, 4) is 0 Å². The number of rotatable bonds is 4. The van der Waals surface area contributed by atoms with Crippen molar-refractivity contribution in [1.82, 2.24) is 10.2 Å². The molecule has 1 fully saturated rings. The van der Waals surface area contributed by atoms with Gasteiger partial charge in [-0.3, -0.25) is 4.79 Å². The van der Waals surface area contributed by atoms with Crippen molar-refractivity contribution in [2.45, 2.75) is 25.8 Å². The Morgan fingerprint density at radius 3 is 2.74 bits per heavy atom. The quantitative estimate of drug-likeness (QED) is 0.920. The summed E-state index contributed by atoms with van der Waals surface area (Å²) in [6, 6.07) is 7.62. The molecule has 1 saturated heterocycles. The first-order valence-electron chi connectivity index (χ1n) is 6.84. The summed E-state index contributed by atoms with van der Waals surface area (Å²) in [7, 11) is 2.13. The van der Waals surface area contributed by atoms with Crippen LogP contribution in [0.4, 0.5) is 0 Å². The number of piperidine rings is 1. The fourth-order valence-electron chi connectivity index (χ4n) is 2.44. The molecule has 1 heterocycles. The van der Waals surface area contributed by atoms with E-state index in [1.807, 2.05) is 24.3 Å². The lowest BCUT2D eigenvalue weighted by molar-refractivity contribution is -0.122. The summed E-state index contributed by atoms with van der Waals surface area (Å²) in [5.41, 5.74) is 0.973. The van der Waals surface area contributed by atoms with Gasteiger partial charge in [-0.05, 0) is 50.5 Å². The van der Waals surface area contributed by atoms with Crippen molar-refractivity contribution in [3.63, 3.8) is 0 Å². The minimum atomic E-state index is 0.134. The highest BCUT2D eigenvalue weighted by molar-refractivity contribution is 6.31. The van der Waals surface area contributed by atoms with Crippen molar-refractivity contribution in [1.29, 1.82) is 0 Å². The van der Waals surface area contributed by atoms with E-state index < -0.39 is 0 Å². The Bertz CT molecular complexity index is 428. The van der Waals surface area contributed by atoms with Crippen LogP contribution in [0.15, 0.2) is 24.3 Å². The summed E-state index contributed by atoms with van der Waals surface area (Å²) >= 11 is 6.06. The molecule has 1 aromatic rings. The summed E-state index contributed by atoms with van der Waals surface area (Å²) < 4.78 is 0. The van der Waals surface area contributed by atoms with E-state index in [1.54, 1.807) is 0 Å². The molecule has 0 bridgehead atoms. The Labute approximate surface area is 119 Å². The Morgan fingerprint density at radius 2 is 2.05 bits per heavy atom. The predicted octanol–water partition coefficient (Wildman–Crippen LogP) is 2.69. The van der Waals surface area contributed by atoms with Gasteiger partial charge in [-0.2, -0.15) is 0 Å². The summed E-state index contributed by atoms with van der Waals surface area (Å²) in [6.45, 7) is 2.72. The maximum absolute atomic E-state index is 11.9. The molecular weight excluding hydrogens is 260 g/mol. The van der Waals surface area contributed by atoms with Crippen LogP contribution >= 0.6 is 11.6 Å². The first kappa shape index (κ1) is 14.4. The van der Waals surface area contributed by atoms with Gasteiger partial charge < -0.3 is 10.2 Å². The van der Waals surface area contributed by atoms with Crippen LogP contribution in [-0.2, 0) is 11.3 Å². The van der Waals surface area contributed by atoms with E-state index in [0.717, 1.165) is 31.5 Å². The molecule has 0 atom stereocenters. The number of amides is 1. The molecule has 19 heavy (non-hydrogen) atoms. The fourth-order valence-corrected chi connectivity index (χ4v) is 2.64. The van der Waals surface area contributed by atoms with Crippen molar-refractivity contribution in [2.75, 3.05) is 20.1 Å². The van der Waals surface area contributed by atoms with E-state index in [9.17, 15) is 4.79 Å². The van der Waals surface area contributed by atoms with Crippen LogP contribution in [0.2, 0.25) is 5.02 Å². The molecule has 1 N–H and O–H groups in total. The van der Waals surface area contributed by atoms with Gasteiger partial charge in [0.1, 0.15) is 0 Å². The van der Waals surface area contributed by atoms with Gasteiger partial charge in [0.15, 0.2) is 0 Å². The number of carbonyl (C=O) groups excluding carboxylic acids is 1. The highest BCUT2D eigenvalue weighted by Gasteiger charge is 2.19. The van der Waals surface area contributed by atoms with Crippen LogP contribution in [0, 0.1) is 5.92 Å². The Balaban J connectivity index is 1.74. The topological polar surface area (TPSA) is 32.3 Å². The van der Waals surface area contributed by atoms with Crippen LogP contribution in [0.3, 0.4) is 0 Å². The molecule has 0 unspecified atom stereocenters. The molecule has 1 aliphatic rings. The van der Waals surface area contributed by atoms with E-state index in [2.05, 4.69) is 17.3 Å². The van der Waals surface area contributed by atoms with Crippen LogP contribution in [0.1, 0.15) is 24.8 Å². The summed E-state index contributed by atoms with van der Waals surface area (Å²) in [6.07, 6.45) is 2.88. The van der Waals surface area contributed by atoms with E-state index in [-0.39, 0.29) is 5.91 Å². The molecule has 0 aromatic heterocycles. The van der Waals surface area contributed by atoms with Gasteiger partial charge in [-0.1, -0.05) is 29.8 Å². The molecule has 4 heteroatoms. The highest BCUT2D eigenvalue weighted by atomic mass is 35.5. The monoisotopic (exact) mass is 280 g/mol. The second-order valence-electron chi connectivity index (χ2n) is 5.32. The minimum Gasteiger partial charge on any atom is -0.352 e. The second-order valence-corrected chi connectivity index (χ2v) is 5.73. The maximum atomic E-state index is 11.9. The number of nitrogens with zero attached hydrogens (tertiary/aromatic N) is 1. The van der Waals surface area contributed by atoms with Gasteiger partial charge in [0.2, 0.25) is 5.91 Å². The van der Waals surface area contributed by atoms with Gasteiger partial charge in [0, 0.05) is 18.0 Å². The lowest BCUT2D eigenvalue weighted by Crippen LogP contribution is -2.33. The molecule has 0 radical (unpaired) electrons. The van der Waals surface area contributed by atoms with Gasteiger partial charge >= 0.3 is 0 Å². The average molecular weight is 281 g/mol. The smallest absolute Gasteiger partial charge is 0.220 e. The van der Waals surface area contributed by atoms with Gasteiger partial charge in [0.05, 0.1) is 0 Å². The molecule has 1 amide bonds. The van der Waals surface area contributed by atoms with E-state index >= 15 is 0 Å². The van der Waals surface area contributed by atoms with Crippen molar-refractivity contribution >= 4 is 17.5 Å². The number of benzene rings is 1. The second kappa shape index (κ2) is 6.92. The Hall–Kier alpha value is -1.06. The largest absolute Gasteiger partial charge is 0.352 e. The predicted molar refractivity (Wildman–Crippen MR) is 78.1 cm³/mol. The number of halogens is 1. The number of hydrogen-bond acceptors (Lipinski definition) is 2. The number of likely N-dealkylation sites (tertiary alicyclic amines) is 1. The Morgan fingerprint density at radius 1 is 1.37 bits per heavy atom. The molecule has 0 saturated carbocycles. The van der Waals surface area contributed by atoms with Gasteiger partial charge in [0.25, 0.3) is 0 Å². The summed E-state index contributed by atoms with van der Waals surface area (Å²) in [4.78, 5) is 14.2. The van der Waals surface area contributed by atoms with Gasteiger partial charge in [-0.15, -0.1) is 0 Å². The standard InChI is InChI=1S/C15H21ClN2O/c1-18-8-6-12(7-9-18)10-15(19)17-11-13-4-2-3-5-14(13)16/h2-5,12H,6-11H2,1H3,(H,17,19). The maximum Gasteiger partial charge on any atom is 0.220 e. The Kier molecular flexibility index (Phi) is 5.23. The molecule has 2 rings (SSSR count). The highest BCUT2D eigenvalue weighted by Crippen LogP contribution is 2.19. The molecule has 104 valence electrons. The lowest BCUT2D eigenvalue weighted by Gasteiger charge is -2.28. The van der Waals surface area contributed by atoms with Crippen LogP contribution in [0.5, 0.6) is 0 Å². The molecule has 1 aliphatic heterocycles. The summed E-state index contributed by atoms with van der Waals surface area (Å²) in [5.74, 6) is 0.664. The van der Waals surface area contributed by atoms with Crippen molar-refractivity contribution in [3.05, 3.63) is 34.9 Å². The van der Waals surface area contributed by atoms with Crippen LogP contribution < -0.4 is 5.32 Å². The first-order valence-corrected chi connectivity index (χ1v) is 7.21. The normalized spacial score (nSPS) is 17.4. The number of carbonyl (C=O) groups is 1. The fraction of sp³-hybridized carbons (Fsp3) is 0.533. The number of hydrogen-bond donors (Lipinski definition) is 1. The third kappa shape index (κ3) is 4.51. The number of nitrogens with one attached hydrogen (secondary N) is 1. The van der Waals surface area contributed by atoms with Crippen molar-refractivity contribution in [2.24, 2.45) is 5.92 Å². The van der Waals surface area contributed by atoms with E-state index in [1.165, 1.54) is 0 Å². The molecule has 0 aliphatic carbocycles. The molecular formula is C15H21ClN2O. The molecule has 0 spiro atoms. The summed E-state index contributed by atoms with van der Waals surface area (Å²) in [5, 5.41) is 3.67. The molecule has 1 aromatic carbocycles. The van der Waals surface area contributed by atoms with Crippen LogP contribution in [-0.4, -0.2) is 30.9 Å². The first-order chi connectivity index (χ1) is 9.15. The van der Waals surface area contributed by atoms with Gasteiger partial charge in [-0.25, -0.2) is 0 Å². The van der Waals surface area contributed by atoms with E-state index in [0.29, 0.717) is 23.9 Å². The zero-order valence-corrected chi connectivity index (χ0v) is 12.1. The minimum absolute atomic E-state index is 0.134. The lowest BCUT2D eigenvalue weighted by atomic mass is 9.93. The zero-order chi connectivity index (χ0) is 13.7. The SMILES string of the molecule is CN1CCC(CC(=O)NCc2ccccc2Cl)CC1. The molecule has 3 nitrogen and oxygen atoms in total. The zero-order valence-electron chi connectivity index (χ0n) is 11.4. The van der Waals surface area contributed by atoms with E-state index in [4.69, 9.17) is 11.6 Å². The third-order valence-corrected chi connectivity index (χ3v) is 4.11. The third-order valence-electron chi connectivity index (χ3n) is 3.75. The van der Waals surface area contributed by atoms with Crippen molar-refractivity contribution < 1.29 is 4.79 Å². The van der Waals surface area contributed by atoms with Crippen LogP contribution in [0.25, 0.3) is 0 Å². The average Bonchev–Trinajstić information content (AvgIpc) is 2.40.